The van der Waals surface area contributed by atoms with Crippen LogP contribution in [0.4, 0.5) is 9.59 Å². The minimum Gasteiger partial charge on any atom is -0.405 e. The van der Waals surface area contributed by atoms with Crippen LogP contribution in [0.3, 0.4) is 0 Å². The summed E-state index contributed by atoms with van der Waals surface area (Å²) < 4.78 is 10.3. The van der Waals surface area contributed by atoms with Crippen molar-refractivity contribution in [2.45, 2.75) is 65.2 Å². The van der Waals surface area contributed by atoms with Crippen molar-refractivity contribution in [2.75, 3.05) is 13.1 Å². The van der Waals surface area contributed by atoms with E-state index in [2.05, 4.69) is 17.6 Å². The van der Waals surface area contributed by atoms with E-state index < -0.39 is 12.2 Å². The molecule has 0 aliphatic carbocycles. The number of nitrogens with one attached hydrogen (secondary N) is 2. The van der Waals surface area contributed by atoms with Gasteiger partial charge in [0, 0.05) is 23.8 Å². The standard InChI is InChI=1S/C18H30N2O4S/c1-3-5-6-7-8-9-10-11-12-20-18(22)24-16-14-25-13-15(16)23-17(21)19-4-2/h13-14H,3-12H2,1-2H3,(H,19,21)(H,20,22). The van der Waals surface area contributed by atoms with Crippen LogP contribution in [0.5, 0.6) is 11.5 Å². The van der Waals surface area contributed by atoms with Gasteiger partial charge in [-0.1, -0.05) is 51.9 Å². The first-order valence-corrected chi connectivity index (χ1v) is 10.1. The number of rotatable bonds is 12. The lowest BCUT2D eigenvalue weighted by molar-refractivity contribution is 0.190. The summed E-state index contributed by atoms with van der Waals surface area (Å²) >= 11 is 1.30. The normalized spacial score (nSPS) is 10.3. The van der Waals surface area contributed by atoms with Crippen molar-refractivity contribution in [1.29, 1.82) is 0 Å². The van der Waals surface area contributed by atoms with Gasteiger partial charge in [0.15, 0.2) is 11.5 Å². The molecular formula is C18H30N2O4S. The molecule has 1 aromatic rings. The van der Waals surface area contributed by atoms with E-state index in [1.165, 1.54) is 49.9 Å². The first-order chi connectivity index (χ1) is 12.2. The van der Waals surface area contributed by atoms with Gasteiger partial charge in [0.2, 0.25) is 0 Å². The lowest BCUT2D eigenvalue weighted by Crippen LogP contribution is -2.28. The average Bonchev–Trinajstić information content (AvgIpc) is 3.00. The Morgan fingerprint density at radius 3 is 1.92 bits per heavy atom. The molecule has 2 N–H and O–H groups in total. The molecule has 1 heterocycles. The maximum atomic E-state index is 11.8. The second kappa shape index (κ2) is 13.5. The summed E-state index contributed by atoms with van der Waals surface area (Å²) in [7, 11) is 0. The van der Waals surface area contributed by atoms with Crippen molar-refractivity contribution >= 4 is 23.5 Å². The van der Waals surface area contributed by atoms with E-state index in [-0.39, 0.29) is 11.5 Å². The molecule has 2 amide bonds. The highest BCUT2D eigenvalue weighted by atomic mass is 32.1. The molecule has 0 aliphatic heterocycles. The summed E-state index contributed by atoms with van der Waals surface area (Å²) in [5.41, 5.74) is 0. The Morgan fingerprint density at radius 1 is 0.840 bits per heavy atom. The molecule has 0 bridgehead atoms. The number of ether oxygens (including phenoxy) is 2. The van der Waals surface area contributed by atoms with Gasteiger partial charge in [-0.2, -0.15) is 0 Å². The van der Waals surface area contributed by atoms with Crippen LogP contribution >= 0.6 is 11.3 Å². The van der Waals surface area contributed by atoms with Crippen LogP contribution in [0.2, 0.25) is 0 Å². The Labute approximate surface area is 154 Å². The smallest absolute Gasteiger partial charge is 0.405 e. The number of carbonyl (C=O) groups excluding carboxylic acids is 2. The molecule has 0 saturated heterocycles. The number of hydrogen-bond donors (Lipinski definition) is 2. The molecule has 0 saturated carbocycles. The predicted octanol–water partition coefficient (Wildman–Crippen LogP) is 5.09. The maximum Gasteiger partial charge on any atom is 0.412 e. The number of thiophene rings is 1. The molecule has 142 valence electrons. The van der Waals surface area contributed by atoms with Gasteiger partial charge in [-0.25, -0.2) is 9.59 Å². The zero-order valence-corrected chi connectivity index (χ0v) is 16.1. The largest absolute Gasteiger partial charge is 0.412 e. The molecule has 0 atom stereocenters. The molecule has 7 heteroatoms. The molecule has 0 aliphatic rings. The SMILES string of the molecule is CCCCCCCCCCNC(=O)Oc1cscc1OC(=O)NCC. The van der Waals surface area contributed by atoms with Crippen molar-refractivity contribution in [3.05, 3.63) is 10.8 Å². The highest BCUT2D eigenvalue weighted by Crippen LogP contribution is 2.31. The number of hydrogen-bond acceptors (Lipinski definition) is 5. The monoisotopic (exact) mass is 370 g/mol. The van der Waals surface area contributed by atoms with Gasteiger partial charge >= 0.3 is 12.2 Å². The minimum atomic E-state index is -0.565. The lowest BCUT2D eigenvalue weighted by Gasteiger charge is -2.08. The molecule has 0 aromatic carbocycles. The fraction of sp³-hybridized carbons (Fsp3) is 0.667. The molecular weight excluding hydrogens is 340 g/mol. The first kappa shape index (κ1) is 21.3. The second-order valence-corrected chi connectivity index (χ2v) is 6.55. The Balaban J connectivity index is 2.14. The third kappa shape index (κ3) is 9.96. The highest BCUT2D eigenvalue weighted by Gasteiger charge is 2.14. The number of unbranched alkanes of at least 4 members (excludes halogenated alkanes) is 7. The van der Waals surface area contributed by atoms with E-state index in [9.17, 15) is 9.59 Å². The summed E-state index contributed by atoms with van der Waals surface area (Å²) in [6, 6.07) is 0. The van der Waals surface area contributed by atoms with Crippen LogP contribution in [0.25, 0.3) is 0 Å². The van der Waals surface area contributed by atoms with Gasteiger partial charge < -0.3 is 20.1 Å². The van der Waals surface area contributed by atoms with Gasteiger partial charge in [0.25, 0.3) is 0 Å². The predicted molar refractivity (Wildman–Crippen MR) is 101 cm³/mol. The van der Waals surface area contributed by atoms with Crippen LogP contribution in [-0.2, 0) is 0 Å². The topological polar surface area (TPSA) is 76.7 Å². The van der Waals surface area contributed by atoms with E-state index in [0.717, 1.165) is 12.8 Å². The van der Waals surface area contributed by atoms with Crippen molar-refractivity contribution in [3.63, 3.8) is 0 Å². The quantitative estimate of drug-likeness (QED) is 0.503. The van der Waals surface area contributed by atoms with Crippen LogP contribution in [-0.4, -0.2) is 25.3 Å². The summed E-state index contributed by atoms with van der Waals surface area (Å²) in [4.78, 5) is 23.2. The van der Waals surface area contributed by atoms with Crippen molar-refractivity contribution in [2.24, 2.45) is 0 Å². The number of amides is 2. The van der Waals surface area contributed by atoms with E-state index in [4.69, 9.17) is 9.47 Å². The summed E-state index contributed by atoms with van der Waals surface area (Å²) in [5.74, 6) is 0.503. The van der Waals surface area contributed by atoms with Crippen LogP contribution < -0.4 is 20.1 Å². The van der Waals surface area contributed by atoms with E-state index in [0.29, 0.717) is 13.1 Å². The van der Waals surface area contributed by atoms with E-state index >= 15 is 0 Å². The summed E-state index contributed by atoms with van der Waals surface area (Å²) in [5, 5.41) is 8.50. The summed E-state index contributed by atoms with van der Waals surface area (Å²) in [6.45, 7) is 5.07. The average molecular weight is 371 g/mol. The Hall–Kier alpha value is -1.76. The molecule has 25 heavy (non-hydrogen) atoms. The fourth-order valence-electron chi connectivity index (χ4n) is 2.29. The lowest BCUT2D eigenvalue weighted by atomic mass is 10.1. The van der Waals surface area contributed by atoms with Gasteiger partial charge in [-0.15, -0.1) is 11.3 Å². The maximum absolute atomic E-state index is 11.8. The Bertz CT molecular complexity index is 505. The third-order valence-corrected chi connectivity index (χ3v) is 4.32. The molecule has 1 rings (SSSR count). The molecule has 0 radical (unpaired) electrons. The van der Waals surface area contributed by atoms with Crippen molar-refractivity contribution in [1.82, 2.24) is 10.6 Å². The highest BCUT2D eigenvalue weighted by molar-refractivity contribution is 7.08. The van der Waals surface area contributed by atoms with Gasteiger partial charge in [0.05, 0.1) is 0 Å². The van der Waals surface area contributed by atoms with Crippen molar-refractivity contribution < 1.29 is 19.1 Å². The van der Waals surface area contributed by atoms with Crippen LogP contribution in [0.15, 0.2) is 10.8 Å². The van der Waals surface area contributed by atoms with E-state index in [1.54, 1.807) is 17.7 Å². The Kier molecular flexibility index (Phi) is 11.5. The zero-order valence-electron chi connectivity index (χ0n) is 15.3. The first-order valence-electron chi connectivity index (χ1n) is 9.14. The molecule has 0 fully saturated rings. The molecule has 0 unspecified atom stereocenters. The molecule has 1 aromatic heterocycles. The van der Waals surface area contributed by atoms with Gasteiger partial charge in [-0.3, -0.25) is 0 Å². The van der Waals surface area contributed by atoms with Gasteiger partial charge in [-0.05, 0) is 13.3 Å². The van der Waals surface area contributed by atoms with Crippen molar-refractivity contribution in [3.8, 4) is 11.5 Å². The van der Waals surface area contributed by atoms with Crippen LogP contribution in [0, 0.1) is 0 Å². The number of carbonyl (C=O) groups is 2. The van der Waals surface area contributed by atoms with Crippen LogP contribution in [0.1, 0.15) is 65.2 Å². The molecule has 6 nitrogen and oxygen atoms in total. The minimum absolute atomic E-state index is 0.248. The van der Waals surface area contributed by atoms with E-state index in [1.807, 2.05) is 0 Å². The second-order valence-electron chi connectivity index (χ2n) is 5.81. The fourth-order valence-corrected chi connectivity index (χ4v) is 2.93. The zero-order chi connectivity index (χ0) is 18.3. The van der Waals surface area contributed by atoms with Gasteiger partial charge in [0.1, 0.15) is 0 Å². The molecule has 0 spiro atoms. The third-order valence-electron chi connectivity index (χ3n) is 3.62. The Morgan fingerprint density at radius 2 is 1.36 bits per heavy atom. The summed E-state index contributed by atoms with van der Waals surface area (Å²) in [6.07, 6.45) is 8.64.